The third-order valence-electron chi connectivity index (χ3n) is 3.05. The highest BCUT2D eigenvalue weighted by atomic mass is 32.1. The van der Waals surface area contributed by atoms with Crippen molar-refractivity contribution in [3.8, 4) is 0 Å². The van der Waals surface area contributed by atoms with Crippen LogP contribution in [0.2, 0.25) is 0 Å². The molecule has 3 unspecified atom stereocenters. The molecule has 0 spiro atoms. The standard InChI is InChI=1S/C13H22N4O8S/c14-6(5-26)11(22)17-7(1-2-10(20)21)12(23)15-3-9(19)16-8(4-18)13(24)25/h6-8,18,26H,1-5,14H2,(H,15,23)(H,16,19)(H,17,22)(H,20,21)(H,24,25). The number of rotatable bonds is 12. The van der Waals surface area contributed by atoms with Crippen LogP contribution < -0.4 is 21.7 Å². The number of hydrogen-bond acceptors (Lipinski definition) is 8. The summed E-state index contributed by atoms with van der Waals surface area (Å²) in [7, 11) is 0. The van der Waals surface area contributed by atoms with E-state index in [4.69, 9.17) is 21.1 Å². The van der Waals surface area contributed by atoms with E-state index >= 15 is 0 Å². The van der Waals surface area contributed by atoms with Gasteiger partial charge in [-0.25, -0.2) is 4.79 Å². The summed E-state index contributed by atoms with van der Waals surface area (Å²) in [6.07, 6.45) is -0.672. The number of carbonyl (C=O) groups is 5. The van der Waals surface area contributed by atoms with Gasteiger partial charge in [0.15, 0.2) is 0 Å². The second kappa shape index (κ2) is 12.1. The predicted octanol–water partition coefficient (Wildman–Crippen LogP) is -3.73. The Morgan fingerprint density at radius 3 is 2.08 bits per heavy atom. The third kappa shape index (κ3) is 9.19. The van der Waals surface area contributed by atoms with E-state index in [0.29, 0.717) is 0 Å². The van der Waals surface area contributed by atoms with Gasteiger partial charge in [0.05, 0.1) is 19.2 Å². The van der Waals surface area contributed by atoms with Crippen LogP contribution in [0.25, 0.3) is 0 Å². The van der Waals surface area contributed by atoms with Gasteiger partial charge in [0.1, 0.15) is 12.1 Å². The number of nitrogens with one attached hydrogen (secondary N) is 3. The molecule has 0 saturated heterocycles. The van der Waals surface area contributed by atoms with E-state index in [9.17, 15) is 24.0 Å². The SMILES string of the molecule is NC(CS)C(=O)NC(CCC(=O)O)C(=O)NCC(=O)NC(CO)C(=O)O. The Labute approximate surface area is 153 Å². The number of aliphatic carboxylic acids is 2. The summed E-state index contributed by atoms with van der Waals surface area (Å²) in [4.78, 5) is 56.7. The van der Waals surface area contributed by atoms with Crippen LogP contribution in [0.3, 0.4) is 0 Å². The minimum Gasteiger partial charge on any atom is -0.481 e. The summed E-state index contributed by atoms with van der Waals surface area (Å²) in [5.41, 5.74) is 5.46. The Bertz CT molecular complexity index is 544. The molecule has 0 heterocycles. The first-order valence-electron chi connectivity index (χ1n) is 7.41. The molecule has 0 aromatic carbocycles. The molecule has 0 aliphatic rings. The molecule has 0 aromatic rings. The fourth-order valence-corrected chi connectivity index (χ4v) is 1.79. The average Bonchev–Trinajstić information content (AvgIpc) is 2.59. The number of amides is 3. The predicted molar refractivity (Wildman–Crippen MR) is 90.3 cm³/mol. The van der Waals surface area contributed by atoms with Crippen LogP contribution in [-0.2, 0) is 24.0 Å². The van der Waals surface area contributed by atoms with Crippen molar-refractivity contribution in [1.29, 1.82) is 0 Å². The highest BCUT2D eigenvalue weighted by Crippen LogP contribution is 1.99. The van der Waals surface area contributed by atoms with Crippen molar-refractivity contribution in [1.82, 2.24) is 16.0 Å². The maximum atomic E-state index is 12.1. The molecule has 8 N–H and O–H groups in total. The van der Waals surface area contributed by atoms with Crippen LogP contribution in [0, 0.1) is 0 Å². The van der Waals surface area contributed by atoms with Crippen molar-refractivity contribution in [3.05, 3.63) is 0 Å². The highest BCUT2D eigenvalue weighted by Gasteiger charge is 2.25. The van der Waals surface area contributed by atoms with E-state index in [2.05, 4.69) is 23.3 Å². The fraction of sp³-hybridized carbons (Fsp3) is 0.615. The first-order valence-corrected chi connectivity index (χ1v) is 8.04. The lowest BCUT2D eigenvalue weighted by molar-refractivity contribution is -0.142. The van der Waals surface area contributed by atoms with Gasteiger partial charge in [0.25, 0.3) is 0 Å². The molecule has 0 aliphatic carbocycles. The first kappa shape index (κ1) is 23.6. The number of carboxylic acid groups (broad SMARTS) is 2. The van der Waals surface area contributed by atoms with Gasteiger partial charge in [-0.1, -0.05) is 0 Å². The molecule has 0 fully saturated rings. The molecule has 0 aliphatic heterocycles. The molecule has 0 aromatic heterocycles. The molecular weight excluding hydrogens is 372 g/mol. The molecular formula is C13H22N4O8S. The normalized spacial score (nSPS) is 13.8. The Kier molecular flexibility index (Phi) is 10.9. The Morgan fingerprint density at radius 2 is 1.62 bits per heavy atom. The van der Waals surface area contributed by atoms with Crippen molar-refractivity contribution in [2.45, 2.75) is 31.0 Å². The fourth-order valence-electron chi connectivity index (χ4n) is 1.62. The van der Waals surface area contributed by atoms with E-state index in [1.54, 1.807) is 0 Å². The van der Waals surface area contributed by atoms with Crippen LogP contribution in [0.4, 0.5) is 0 Å². The lowest BCUT2D eigenvalue weighted by Gasteiger charge is -2.20. The zero-order chi connectivity index (χ0) is 20.3. The Balaban J connectivity index is 4.74. The van der Waals surface area contributed by atoms with Crippen LogP contribution >= 0.6 is 12.6 Å². The van der Waals surface area contributed by atoms with E-state index in [0.717, 1.165) is 0 Å². The van der Waals surface area contributed by atoms with E-state index in [1.165, 1.54) is 0 Å². The van der Waals surface area contributed by atoms with E-state index < -0.39 is 67.4 Å². The quantitative estimate of drug-likeness (QED) is 0.153. The number of carbonyl (C=O) groups excluding carboxylic acids is 3. The smallest absolute Gasteiger partial charge is 0.328 e. The molecule has 0 bridgehead atoms. The second-order valence-corrected chi connectivity index (χ2v) is 5.51. The zero-order valence-electron chi connectivity index (χ0n) is 13.7. The summed E-state index contributed by atoms with van der Waals surface area (Å²) >= 11 is 3.84. The number of nitrogens with two attached hydrogens (primary N) is 1. The molecule has 0 rings (SSSR count). The number of aliphatic hydroxyl groups excluding tert-OH is 1. The van der Waals surface area contributed by atoms with E-state index in [-0.39, 0.29) is 12.2 Å². The molecule has 13 heteroatoms. The maximum Gasteiger partial charge on any atom is 0.328 e. The van der Waals surface area contributed by atoms with Crippen LogP contribution in [0.5, 0.6) is 0 Å². The van der Waals surface area contributed by atoms with Gasteiger partial charge in [-0.15, -0.1) is 0 Å². The molecule has 26 heavy (non-hydrogen) atoms. The van der Waals surface area contributed by atoms with Crippen molar-refractivity contribution in [2.75, 3.05) is 18.9 Å². The minimum absolute atomic E-state index is 0.000749. The van der Waals surface area contributed by atoms with Crippen molar-refractivity contribution in [3.63, 3.8) is 0 Å². The van der Waals surface area contributed by atoms with Crippen LogP contribution in [0.1, 0.15) is 12.8 Å². The summed E-state index contributed by atoms with van der Waals surface area (Å²) in [6, 6.07) is -3.80. The van der Waals surface area contributed by atoms with Crippen LogP contribution in [0.15, 0.2) is 0 Å². The van der Waals surface area contributed by atoms with Crippen LogP contribution in [-0.4, -0.2) is 82.0 Å². The Hall–Kier alpha value is -2.38. The highest BCUT2D eigenvalue weighted by molar-refractivity contribution is 7.80. The van der Waals surface area contributed by atoms with Gasteiger partial charge in [0.2, 0.25) is 17.7 Å². The van der Waals surface area contributed by atoms with Gasteiger partial charge in [-0.05, 0) is 6.42 Å². The first-order chi connectivity index (χ1) is 12.1. The third-order valence-corrected chi connectivity index (χ3v) is 3.45. The number of hydrogen-bond donors (Lipinski definition) is 8. The maximum absolute atomic E-state index is 12.1. The molecule has 3 amide bonds. The topological polar surface area (TPSA) is 208 Å². The van der Waals surface area contributed by atoms with Gasteiger partial charge in [-0.2, -0.15) is 12.6 Å². The molecule has 12 nitrogen and oxygen atoms in total. The van der Waals surface area contributed by atoms with E-state index in [1.807, 2.05) is 5.32 Å². The monoisotopic (exact) mass is 394 g/mol. The lowest BCUT2D eigenvalue weighted by atomic mass is 10.1. The van der Waals surface area contributed by atoms with Gasteiger partial charge in [-0.3, -0.25) is 19.2 Å². The van der Waals surface area contributed by atoms with Gasteiger partial charge < -0.3 is 37.0 Å². The summed E-state index contributed by atoms with van der Waals surface area (Å²) in [5, 5.41) is 32.6. The zero-order valence-corrected chi connectivity index (χ0v) is 14.6. The number of aliphatic hydroxyl groups is 1. The molecule has 0 saturated carbocycles. The lowest BCUT2D eigenvalue weighted by Crippen LogP contribution is -2.54. The van der Waals surface area contributed by atoms with Crippen molar-refractivity contribution >= 4 is 42.3 Å². The van der Waals surface area contributed by atoms with Gasteiger partial charge in [0, 0.05) is 12.2 Å². The van der Waals surface area contributed by atoms with Gasteiger partial charge >= 0.3 is 11.9 Å². The number of thiol groups is 1. The Morgan fingerprint density at radius 1 is 1.00 bits per heavy atom. The summed E-state index contributed by atoms with van der Waals surface area (Å²) in [6.45, 7) is -1.48. The van der Waals surface area contributed by atoms with Crippen molar-refractivity contribution < 1.29 is 39.3 Å². The van der Waals surface area contributed by atoms with Crippen molar-refractivity contribution in [2.24, 2.45) is 5.73 Å². The minimum atomic E-state index is -1.53. The molecule has 0 radical (unpaired) electrons. The largest absolute Gasteiger partial charge is 0.481 e. The molecule has 3 atom stereocenters. The summed E-state index contributed by atoms with van der Waals surface area (Å²) < 4.78 is 0. The second-order valence-electron chi connectivity index (χ2n) is 5.14. The average molecular weight is 394 g/mol. The summed E-state index contributed by atoms with van der Waals surface area (Å²) in [5.74, 6) is -5.12. The number of carboxylic acids is 2. The molecule has 148 valence electrons.